The number of hydrogen-bond acceptors (Lipinski definition) is 2. The van der Waals surface area contributed by atoms with Crippen LogP contribution in [0.1, 0.15) is 47.2 Å². The lowest BCUT2D eigenvalue weighted by Crippen LogP contribution is -2.26. The third-order valence-corrected chi connectivity index (χ3v) is 11.8. The van der Waals surface area contributed by atoms with Gasteiger partial charge >= 0.3 is 0 Å². The maximum atomic E-state index is 13.4. The first kappa shape index (κ1) is 21.3. The Kier molecular flexibility index (Phi) is 4.83. The number of allylic oxidation sites excluding steroid dienone is 4. The predicted octanol–water partition coefficient (Wildman–Crippen LogP) is 6.72. The first-order chi connectivity index (χ1) is 15.2. The molecule has 0 bridgehead atoms. The highest BCUT2D eigenvalue weighted by Gasteiger charge is 2.42. The number of carbonyl (C=O) groups is 1. The van der Waals surface area contributed by atoms with Crippen molar-refractivity contribution in [3.05, 3.63) is 87.9 Å². The third-order valence-electron chi connectivity index (χ3n) is 7.67. The van der Waals surface area contributed by atoms with Gasteiger partial charge in [-0.1, -0.05) is 55.0 Å². The number of hydrogen-bond donors (Lipinski definition) is 1. The van der Waals surface area contributed by atoms with E-state index in [1.54, 1.807) is 0 Å². The first-order valence-electron chi connectivity index (χ1n) is 11.8. The summed E-state index contributed by atoms with van der Waals surface area (Å²) in [6.07, 6.45) is 18.7. The summed E-state index contributed by atoms with van der Waals surface area (Å²) < 4.78 is 0. The van der Waals surface area contributed by atoms with Gasteiger partial charge in [0.1, 0.15) is 0 Å². The average Bonchev–Trinajstić information content (AvgIpc) is 2.72. The van der Waals surface area contributed by atoms with Crippen LogP contribution in [0.4, 0.5) is 5.69 Å². The molecule has 0 atom stereocenters. The van der Waals surface area contributed by atoms with E-state index in [0.717, 1.165) is 30.4 Å². The Morgan fingerprint density at radius 2 is 1.75 bits per heavy atom. The van der Waals surface area contributed by atoms with Crippen LogP contribution in [-0.4, -0.2) is 38.6 Å². The van der Waals surface area contributed by atoms with Gasteiger partial charge in [0.2, 0.25) is 0 Å². The minimum Gasteiger partial charge on any atom is -0.378 e. The minimum absolute atomic E-state index is 0.195. The van der Waals surface area contributed by atoms with Crippen LogP contribution in [0.15, 0.2) is 76.1 Å². The number of carbonyl (C=O) groups excluding carboxylic acids is 1. The molecule has 3 aliphatic rings. The fraction of sp³-hybridized carbons (Fsp3) is 0.345. The molecule has 0 saturated heterocycles. The van der Waals surface area contributed by atoms with Crippen molar-refractivity contribution in [2.24, 2.45) is 5.92 Å². The summed E-state index contributed by atoms with van der Waals surface area (Å²) in [5, 5.41) is 0. The molecule has 1 fully saturated rings. The average molecular weight is 446 g/mol. The number of benzene rings is 2. The van der Waals surface area contributed by atoms with E-state index in [1.807, 2.05) is 12.1 Å². The molecule has 1 aliphatic heterocycles. The standard InChI is InChI=1S/C29H35NOS/c1-30(2)21-17-18-25-27(19-21)32(3,4,5)26-16-9-8-15-24(26)28(25)22-13-6-7-14-23(22)29(31)20-11-10-12-20/h6-8,13-20,32H,9-12H2,1-5H3. The van der Waals surface area contributed by atoms with E-state index >= 15 is 0 Å². The van der Waals surface area contributed by atoms with Crippen molar-refractivity contribution in [1.82, 2.24) is 0 Å². The summed E-state index contributed by atoms with van der Waals surface area (Å²) in [6.45, 7) is 0. The van der Waals surface area contributed by atoms with Crippen LogP contribution >= 0.6 is 9.16 Å². The molecule has 2 aromatic carbocycles. The van der Waals surface area contributed by atoms with Crippen molar-refractivity contribution in [2.45, 2.75) is 30.6 Å². The van der Waals surface area contributed by atoms with Crippen LogP contribution in [-0.2, 0) is 0 Å². The Balaban J connectivity index is 1.82. The van der Waals surface area contributed by atoms with Crippen LogP contribution in [0.5, 0.6) is 0 Å². The maximum Gasteiger partial charge on any atom is 0.166 e. The minimum atomic E-state index is -2.34. The topological polar surface area (TPSA) is 20.3 Å². The van der Waals surface area contributed by atoms with Crippen LogP contribution in [0.3, 0.4) is 0 Å². The Labute approximate surface area is 193 Å². The number of rotatable bonds is 4. The Bertz CT molecular complexity index is 1220. The van der Waals surface area contributed by atoms with Crippen molar-refractivity contribution in [3.63, 3.8) is 0 Å². The summed E-state index contributed by atoms with van der Waals surface area (Å²) in [5.74, 6) is 0.518. The number of anilines is 1. The van der Waals surface area contributed by atoms with E-state index in [2.05, 4.69) is 86.3 Å². The zero-order chi connectivity index (χ0) is 22.7. The Hall–Kier alpha value is -2.52. The second kappa shape index (κ2) is 7.25. The fourth-order valence-corrected chi connectivity index (χ4v) is 9.19. The molecule has 0 amide bonds. The van der Waals surface area contributed by atoms with Gasteiger partial charge in [0.25, 0.3) is 0 Å². The summed E-state index contributed by atoms with van der Waals surface area (Å²) in [7, 11) is 1.87. The molecule has 2 aromatic rings. The molecule has 0 spiro atoms. The lowest BCUT2D eigenvalue weighted by Gasteiger charge is -2.59. The van der Waals surface area contributed by atoms with Gasteiger partial charge in [-0.15, -0.1) is 0 Å². The predicted molar refractivity (Wildman–Crippen MR) is 142 cm³/mol. The summed E-state index contributed by atoms with van der Waals surface area (Å²) in [4.78, 5) is 18.6. The van der Waals surface area contributed by atoms with Gasteiger partial charge in [0.05, 0.1) is 0 Å². The van der Waals surface area contributed by atoms with Gasteiger partial charge < -0.3 is 4.90 Å². The van der Waals surface area contributed by atoms with E-state index in [4.69, 9.17) is 0 Å². The Morgan fingerprint density at radius 3 is 2.44 bits per heavy atom. The third kappa shape index (κ3) is 3.13. The van der Waals surface area contributed by atoms with Crippen molar-refractivity contribution in [2.75, 3.05) is 37.8 Å². The number of Topliss-reactive ketones (excluding diaryl/α,β-unsaturated/α-hetero) is 1. The molecule has 1 saturated carbocycles. The molecular formula is C29H35NOS. The number of fused-ring (bicyclic) bond motifs is 2. The molecule has 0 aromatic heterocycles. The van der Waals surface area contributed by atoms with Crippen LogP contribution in [0.25, 0.3) is 5.57 Å². The highest BCUT2D eigenvalue weighted by Crippen LogP contribution is 2.79. The second-order valence-corrected chi connectivity index (χ2v) is 17.5. The highest BCUT2D eigenvalue weighted by molar-refractivity contribution is 8.51. The van der Waals surface area contributed by atoms with Crippen LogP contribution in [0.2, 0.25) is 0 Å². The van der Waals surface area contributed by atoms with Gasteiger partial charge in [-0.3, -0.25) is 4.79 Å². The molecule has 2 nitrogen and oxygen atoms in total. The zero-order valence-corrected chi connectivity index (χ0v) is 20.9. The summed E-state index contributed by atoms with van der Waals surface area (Å²) >= 11 is 0. The second-order valence-electron chi connectivity index (χ2n) is 10.9. The molecule has 0 N–H and O–H groups in total. The van der Waals surface area contributed by atoms with Gasteiger partial charge in [-0.25, -0.2) is 9.16 Å². The van der Waals surface area contributed by atoms with E-state index < -0.39 is 9.16 Å². The summed E-state index contributed by atoms with van der Waals surface area (Å²) in [6, 6.07) is 15.2. The molecule has 1 heterocycles. The number of nitrogens with zero attached hydrogens (tertiary/aromatic N) is 1. The summed E-state index contributed by atoms with van der Waals surface area (Å²) in [5.41, 5.74) is 7.08. The maximum absolute atomic E-state index is 13.4. The lowest BCUT2D eigenvalue weighted by atomic mass is 9.77. The smallest absolute Gasteiger partial charge is 0.166 e. The molecule has 3 heteroatoms. The van der Waals surface area contributed by atoms with Gasteiger partial charge in [0, 0.05) is 31.3 Å². The van der Waals surface area contributed by atoms with E-state index in [0.29, 0.717) is 5.78 Å². The Morgan fingerprint density at radius 1 is 1.00 bits per heavy atom. The molecule has 5 rings (SSSR count). The van der Waals surface area contributed by atoms with Crippen LogP contribution < -0.4 is 4.90 Å². The quantitative estimate of drug-likeness (QED) is 0.417. The van der Waals surface area contributed by atoms with E-state index in [9.17, 15) is 4.79 Å². The lowest BCUT2D eigenvalue weighted by molar-refractivity contribution is 0.0855. The fourth-order valence-electron chi connectivity index (χ4n) is 5.54. The van der Waals surface area contributed by atoms with Gasteiger partial charge in [-0.2, -0.15) is 0 Å². The molecule has 0 radical (unpaired) electrons. The van der Waals surface area contributed by atoms with Crippen molar-refractivity contribution >= 4 is 26.2 Å². The first-order valence-corrected chi connectivity index (χ1v) is 15.3. The molecule has 168 valence electrons. The highest BCUT2D eigenvalue weighted by atomic mass is 32.3. The monoisotopic (exact) mass is 445 g/mol. The normalized spacial score (nSPS) is 22.0. The van der Waals surface area contributed by atoms with Crippen molar-refractivity contribution in [3.8, 4) is 0 Å². The molecule has 0 unspecified atom stereocenters. The SMILES string of the molecule is CN(C)c1ccc2c(c1)[SH](C)(C)(C)C1=CCC=CC1=C2c1ccccc1C(=O)C1CCC1. The van der Waals surface area contributed by atoms with Gasteiger partial charge in [0.15, 0.2) is 5.78 Å². The number of thiol groups is 1. The largest absolute Gasteiger partial charge is 0.378 e. The van der Waals surface area contributed by atoms with E-state index in [1.165, 1.54) is 38.6 Å². The van der Waals surface area contributed by atoms with Crippen molar-refractivity contribution in [1.29, 1.82) is 0 Å². The number of ketones is 1. The molecule has 32 heavy (non-hydrogen) atoms. The van der Waals surface area contributed by atoms with Crippen molar-refractivity contribution < 1.29 is 4.79 Å². The van der Waals surface area contributed by atoms with E-state index in [-0.39, 0.29) is 5.92 Å². The van der Waals surface area contributed by atoms with Crippen LogP contribution in [0, 0.1) is 5.92 Å². The van der Waals surface area contributed by atoms with Gasteiger partial charge in [-0.05, 0) is 82.2 Å². The zero-order valence-electron chi connectivity index (χ0n) is 20.0. The molecule has 2 aliphatic carbocycles. The molecular weight excluding hydrogens is 410 g/mol.